The lowest BCUT2D eigenvalue weighted by Crippen LogP contribution is -2.40. The molecule has 1 rings (SSSR count). The van der Waals surface area contributed by atoms with Gasteiger partial charge in [0.2, 0.25) is 0 Å². The third-order valence-corrected chi connectivity index (χ3v) is 3.66. The summed E-state index contributed by atoms with van der Waals surface area (Å²) in [5.74, 6) is -1.51. The highest BCUT2D eigenvalue weighted by molar-refractivity contribution is 5.23. The van der Waals surface area contributed by atoms with E-state index in [2.05, 4.69) is 37.9 Å². The molecule has 1 aromatic rings. The van der Waals surface area contributed by atoms with Crippen molar-refractivity contribution in [3.05, 3.63) is 35.4 Å². The molecular weight excluding hydrogens is 270 g/mol. The Labute approximate surface area is 127 Å². The number of rotatable bonds is 9. The molecule has 0 aliphatic heterocycles. The van der Waals surface area contributed by atoms with Gasteiger partial charge in [-0.25, -0.2) is 8.78 Å². The Morgan fingerprint density at radius 2 is 1.86 bits per heavy atom. The van der Waals surface area contributed by atoms with Gasteiger partial charge in [0.25, 0.3) is 0 Å². The van der Waals surface area contributed by atoms with Crippen LogP contribution in [0, 0.1) is 11.6 Å². The topological polar surface area (TPSA) is 15.3 Å². The lowest BCUT2D eigenvalue weighted by atomic mass is 10.0. The third kappa shape index (κ3) is 5.36. The SMILES string of the molecule is CCCNC(CN(CCC)C(C)C)c1cccc(F)c1F. The average Bonchev–Trinajstić information content (AvgIpc) is 2.45. The quantitative estimate of drug-likeness (QED) is 0.737. The molecule has 2 nitrogen and oxygen atoms in total. The molecule has 1 unspecified atom stereocenters. The summed E-state index contributed by atoms with van der Waals surface area (Å²) in [6.07, 6.45) is 2.01. The molecule has 1 atom stereocenters. The van der Waals surface area contributed by atoms with Gasteiger partial charge in [-0.15, -0.1) is 0 Å². The molecular formula is C17H28F2N2. The van der Waals surface area contributed by atoms with E-state index in [1.54, 1.807) is 12.1 Å². The van der Waals surface area contributed by atoms with Crippen molar-refractivity contribution in [2.45, 2.75) is 52.6 Å². The Morgan fingerprint density at radius 3 is 2.43 bits per heavy atom. The highest BCUT2D eigenvalue weighted by Gasteiger charge is 2.21. The summed E-state index contributed by atoms with van der Waals surface area (Å²) in [7, 11) is 0. The van der Waals surface area contributed by atoms with Gasteiger partial charge in [0, 0.05) is 24.2 Å². The largest absolute Gasteiger partial charge is 0.309 e. The fourth-order valence-corrected chi connectivity index (χ4v) is 2.46. The van der Waals surface area contributed by atoms with E-state index in [4.69, 9.17) is 0 Å². The van der Waals surface area contributed by atoms with Gasteiger partial charge in [0.05, 0.1) is 0 Å². The molecule has 4 heteroatoms. The summed E-state index contributed by atoms with van der Waals surface area (Å²) in [6, 6.07) is 4.62. The first-order valence-electron chi connectivity index (χ1n) is 7.92. The van der Waals surface area contributed by atoms with Gasteiger partial charge in [0.1, 0.15) is 0 Å². The number of benzene rings is 1. The molecule has 0 aliphatic rings. The summed E-state index contributed by atoms with van der Waals surface area (Å²) < 4.78 is 27.6. The summed E-state index contributed by atoms with van der Waals surface area (Å²) in [4.78, 5) is 2.30. The number of halogens is 2. The Bertz CT molecular complexity index is 421. The zero-order valence-electron chi connectivity index (χ0n) is 13.6. The van der Waals surface area contributed by atoms with Crippen LogP contribution in [0.5, 0.6) is 0 Å². The highest BCUT2D eigenvalue weighted by Crippen LogP contribution is 2.21. The molecule has 0 heterocycles. The normalized spacial score (nSPS) is 13.1. The number of hydrogen-bond donors (Lipinski definition) is 1. The lowest BCUT2D eigenvalue weighted by molar-refractivity contribution is 0.196. The van der Waals surface area contributed by atoms with Gasteiger partial charge in [-0.05, 0) is 45.8 Å². The van der Waals surface area contributed by atoms with Crippen LogP contribution in [-0.4, -0.2) is 30.6 Å². The standard InChI is InChI=1S/C17H28F2N2/c1-5-10-20-16(12-21(11-6-2)13(3)4)14-8-7-9-15(18)17(14)19/h7-9,13,16,20H,5-6,10-12H2,1-4H3. The first-order chi connectivity index (χ1) is 10.0. The molecule has 0 fully saturated rings. The van der Waals surface area contributed by atoms with Crippen LogP contribution in [0.4, 0.5) is 8.78 Å². The minimum absolute atomic E-state index is 0.186. The van der Waals surface area contributed by atoms with Crippen molar-refractivity contribution in [3.63, 3.8) is 0 Å². The van der Waals surface area contributed by atoms with E-state index in [1.807, 2.05) is 0 Å². The fraction of sp³-hybridized carbons (Fsp3) is 0.647. The summed E-state index contributed by atoms with van der Waals surface area (Å²) in [5, 5.41) is 3.35. The van der Waals surface area contributed by atoms with Crippen LogP contribution in [0.2, 0.25) is 0 Å². The molecule has 21 heavy (non-hydrogen) atoms. The average molecular weight is 298 g/mol. The molecule has 0 spiro atoms. The van der Waals surface area contributed by atoms with E-state index in [0.29, 0.717) is 18.2 Å². The maximum absolute atomic E-state index is 14.1. The molecule has 120 valence electrons. The van der Waals surface area contributed by atoms with Crippen molar-refractivity contribution in [3.8, 4) is 0 Å². The van der Waals surface area contributed by atoms with Crippen molar-refractivity contribution in [2.75, 3.05) is 19.6 Å². The molecule has 0 amide bonds. The van der Waals surface area contributed by atoms with Gasteiger partial charge in [-0.1, -0.05) is 26.0 Å². The summed E-state index contributed by atoms with van der Waals surface area (Å²) in [6.45, 7) is 10.9. The number of nitrogens with zero attached hydrogens (tertiary/aromatic N) is 1. The summed E-state index contributed by atoms with van der Waals surface area (Å²) >= 11 is 0. The molecule has 0 bridgehead atoms. The van der Waals surface area contributed by atoms with Gasteiger partial charge in [-0.2, -0.15) is 0 Å². The van der Waals surface area contributed by atoms with Crippen molar-refractivity contribution in [1.29, 1.82) is 0 Å². The second kappa shape index (κ2) is 9.11. The monoisotopic (exact) mass is 298 g/mol. The van der Waals surface area contributed by atoms with Crippen molar-refractivity contribution < 1.29 is 8.78 Å². The zero-order valence-corrected chi connectivity index (χ0v) is 13.6. The summed E-state index contributed by atoms with van der Waals surface area (Å²) in [5.41, 5.74) is 0.421. The highest BCUT2D eigenvalue weighted by atomic mass is 19.2. The molecule has 0 aliphatic carbocycles. The van der Waals surface area contributed by atoms with E-state index in [9.17, 15) is 8.78 Å². The zero-order chi connectivity index (χ0) is 15.8. The minimum atomic E-state index is -0.776. The van der Waals surface area contributed by atoms with E-state index in [1.165, 1.54) is 6.07 Å². The molecule has 0 radical (unpaired) electrons. The fourth-order valence-electron chi connectivity index (χ4n) is 2.46. The number of hydrogen-bond acceptors (Lipinski definition) is 2. The first-order valence-corrected chi connectivity index (χ1v) is 7.92. The van der Waals surface area contributed by atoms with E-state index in [-0.39, 0.29) is 6.04 Å². The second-order valence-corrected chi connectivity index (χ2v) is 5.74. The van der Waals surface area contributed by atoms with Crippen LogP contribution in [0.1, 0.15) is 52.1 Å². The maximum atomic E-state index is 14.1. The Balaban J connectivity index is 2.96. The second-order valence-electron chi connectivity index (χ2n) is 5.74. The Morgan fingerprint density at radius 1 is 1.14 bits per heavy atom. The third-order valence-electron chi connectivity index (χ3n) is 3.66. The van der Waals surface area contributed by atoms with Gasteiger partial charge < -0.3 is 5.32 Å². The van der Waals surface area contributed by atoms with Crippen LogP contribution in [0.3, 0.4) is 0 Å². The first kappa shape index (κ1) is 18.1. The van der Waals surface area contributed by atoms with Crippen LogP contribution in [0.25, 0.3) is 0 Å². The predicted octanol–water partition coefficient (Wildman–Crippen LogP) is 4.13. The van der Waals surface area contributed by atoms with Crippen LogP contribution in [-0.2, 0) is 0 Å². The molecule has 0 saturated carbocycles. The van der Waals surface area contributed by atoms with Crippen LogP contribution >= 0.6 is 0 Å². The Hall–Kier alpha value is -1.00. The minimum Gasteiger partial charge on any atom is -0.309 e. The molecule has 0 aromatic heterocycles. The van der Waals surface area contributed by atoms with Crippen LogP contribution < -0.4 is 5.32 Å². The maximum Gasteiger partial charge on any atom is 0.163 e. The van der Waals surface area contributed by atoms with Crippen molar-refractivity contribution in [2.24, 2.45) is 0 Å². The van der Waals surface area contributed by atoms with E-state index >= 15 is 0 Å². The van der Waals surface area contributed by atoms with Gasteiger partial charge in [-0.3, -0.25) is 4.90 Å². The lowest BCUT2D eigenvalue weighted by Gasteiger charge is -2.31. The van der Waals surface area contributed by atoms with Gasteiger partial charge >= 0.3 is 0 Å². The smallest absolute Gasteiger partial charge is 0.163 e. The molecule has 1 N–H and O–H groups in total. The molecule has 0 saturated heterocycles. The number of nitrogens with one attached hydrogen (secondary N) is 1. The molecule has 1 aromatic carbocycles. The van der Waals surface area contributed by atoms with E-state index < -0.39 is 11.6 Å². The van der Waals surface area contributed by atoms with Crippen molar-refractivity contribution >= 4 is 0 Å². The van der Waals surface area contributed by atoms with Crippen LogP contribution in [0.15, 0.2) is 18.2 Å². The Kier molecular flexibility index (Phi) is 7.83. The van der Waals surface area contributed by atoms with E-state index in [0.717, 1.165) is 25.9 Å². The van der Waals surface area contributed by atoms with Crippen molar-refractivity contribution in [1.82, 2.24) is 10.2 Å². The predicted molar refractivity (Wildman–Crippen MR) is 84.4 cm³/mol. The van der Waals surface area contributed by atoms with Gasteiger partial charge in [0.15, 0.2) is 11.6 Å².